The SMILES string of the molecule is Cc1cc(C)c(C)c(S(=O)(=O)Nc2ccccc2OC(F)(F)F)c1C. The molecule has 0 aliphatic heterocycles. The maximum absolute atomic E-state index is 12.8. The van der Waals surface area contributed by atoms with Crippen LogP contribution in [0.2, 0.25) is 0 Å². The number of nitrogens with one attached hydrogen (secondary N) is 1. The first-order valence-electron chi connectivity index (χ1n) is 7.37. The molecular formula is C17H18F3NO3S. The quantitative estimate of drug-likeness (QED) is 0.851. The normalized spacial score (nSPS) is 12.1. The van der Waals surface area contributed by atoms with Crippen LogP contribution in [-0.4, -0.2) is 14.8 Å². The van der Waals surface area contributed by atoms with Crippen LogP contribution < -0.4 is 9.46 Å². The molecule has 0 saturated carbocycles. The van der Waals surface area contributed by atoms with Crippen molar-refractivity contribution in [2.24, 2.45) is 0 Å². The fraction of sp³-hybridized carbons (Fsp3) is 0.294. The van der Waals surface area contributed by atoms with Gasteiger partial charge in [-0.2, -0.15) is 0 Å². The van der Waals surface area contributed by atoms with Crippen molar-refractivity contribution in [3.8, 4) is 5.75 Å². The van der Waals surface area contributed by atoms with Crippen LogP contribution in [0.15, 0.2) is 35.2 Å². The van der Waals surface area contributed by atoms with Crippen LogP contribution in [0.5, 0.6) is 5.75 Å². The summed E-state index contributed by atoms with van der Waals surface area (Å²) in [7, 11) is -4.10. The van der Waals surface area contributed by atoms with Gasteiger partial charge in [-0.1, -0.05) is 18.2 Å². The highest BCUT2D eigenvalue weighted by Gasteiger charge is 2.33. The molecule has 4 nitrogen and oxygen atoms in total. The average molecular weight is 373 g/mol. The molecule has 0 bridgehead atoms. The first-order valence-corrected chi connectivity index (χ1v) is 8.85. The lowest BCUT2D eigenvalue weighted by Gasteiger charge is -2.18. The van der Waals surface area contributed by atoms with Gasteiger partial charge in [0.05, 0.1) is 10.6 Å². The number of aryl methyl sites for hydroxylation is 2. The number of sulfonamides is 1. The first-order chi connectivity index (χ1) is 11.4. The minimum atomic E-state index is -4.92. The average Bonchev–Trinajstić information content (AvgIpc) is 2.45. The molecule has 0 unspecified atom stereocenters. The molecule has 25 heavy (non-hydrogen) atoms. The highest BCUT2D eigenvalue weighted by atomic mass is 32.2. The fourth-order valence-electron chi connectivity index (χ4n) is 2.54. The van der Waals surface area contributed by atoms with Crippen LogP contribution >= 0.6 is 0 Å². The summed E-state index contributed by atoms with van der Waals surface area (Å²) >= 11 is 0. The number of anilines is 1. The van der Waals surface area contributed by atoms with Crippen molar-refractivity contribution in [1.29, 1.82) is 0 Å². The van der Waals surface area contributed by atoms with Crippen LogP contribution in [0.25, 0.3) is 0 Å². The monoisotopic (exact) mass is 373 g/mol. The van der Waals surface area contributed by atoms with E-state index in [-0.39, 0.29) is 10.6 Å². The number of hydrogen-bond acceptors (Lipinski definition) is 3. The van der Waals surface area contributed by atoms with E-state index in [9.17, 15) is 21.6 Å². The molecule has 0 heterocycles. The summed E-state index contributed by atoms with van der Waals surface area (Å²) in [5.41, 5.74) is 2.37. The van der Waals surface area contributed by atoms with E-state index in [1.807, 2.05) is 6.07 Å². The summed E-state index contributed by atoms with van der Waals surface area (Å²) in [5.74, 6) is -0.613. The third kappa shape index (κ3) is 4.25. The number of para-hydroxylation sites is 2. The second-order valence-electron chi connectivity index (χ2n) is 5.74. The predicted octanol–water partition coefficient (Wildman–Crippen LogP) is 4.62. The molecule has 2 aromatic rings. The van der Waals surface area contributed by atoms with Gasteiger partial charge < -0.3 is 4.74 Å². The molecule has 0 aliphatic rings. The zero-order valence-corrected chi connectivity index (χ0v) is 15.0. The molecular weight excluding hydrogens is 355 g/mol. The van der Waals surface area contributed by atoms with E-state index >= 15 is 0 Å². The van der Waals surface area contributed by atoms with Crippen LogP contribution in [0.4, 0.5) is 18.9 Å². The van der Waals surface area contributed by atoms with Crippen molar-refractivity contribution in [1.82, 2.24) is 0 Å². The number of benzene rings is 2. The van der Waals surface area contributed by atoms with Crippen LogP contribution in [0.1, 0.15) is 22.3 Å². The number of ether oxygens (including phenoxy) is 1. The Morgan fingerprint density at radius 1 is 0.960 bits per heavy atom. The zero-order valence-electron chi connectivity index (χ0n) is 14.2. The van der Waals surface area contributed by atoms with E-state index in [1.165, 1.54) is 18.2 Å². The van der Waals surface area contributed by atoms with Crippen molar-refractivity contribution in [3.63, 3.8) is 0 Å². The summed E-state index contributed by atoms with van der Waals surface area (Å²) in [6, 6.07) is 6.87. The van der Waals surface area contributed by atoms with Crippen molar-refractivity contribution in [2.75, 3.05) is 4.72 Å². The second kappa shape index (κ2) is 6.59. The van der Waals surface area contributed by atoms with Crippen molar-refractivity contribution in [2.45, 2.75) is 39.0 Å². The minimum Gasteiger partial charge on any atom is -0.404 e. The molecule has 0 radical (unpaired) electrons. The fourth-order valence-corrected chi connectivity index (χ4v) is 4.23. The Morgan fingerprint density at radius 2 is 1.48 bits per heavy atom. The van der Waals surface area contributed by atoms with Gasteiger partial charge in [0.15, 0.2) is 5.75 Å². The lowest BCUT2D eigenvalue weighted by Crippen LogP contribution is -2.21. The molecule has 0 aliphatic carbocycles. The van der Waals surface area contributed by atoms with E-state index < -0.39 is 22.1 Å². The smallest absolute Gasteiger partial charge is 0.404 e. The first kappa shape index (κ1) is 19.1. The molecule has 0 saturated heterocycles. The number of rotatable bonds is 4. The summed E-state index contributed by atoms with van der Waals surface area (Å²) in [6.07, 6.45) is -4.92. The Balaban J connectivity index is 2.52. The van der Waals surface area contributed by atoms with Gasteiger partial charge in [0.25, 0.3) is 10.0 Å². The summed E-state index contributed by atoms with van der Waals surface area (Å²) in [6.45, 7) is 6.88. The number of halogens is 3. The number of alkyl halides is 3. The van der Waals surface area contributed by atoms with Gasteiger partial charge in [0.2, 0.25) is 0 Å². The predicted molar refractivity (Wildman–Crippen MR) is 89.3 cm³/mol. The van der Waals surface area contributed by atoms with Crippen LogP contribution in [0.3, 0.4) is 0 Å². The van der Waals surface area contributed by atoms with E-state index in [0.29, 0.717) is 11.1 Å². The van der Waals surface area contributed by atoms with E-state index in [0.717, 1.165) is 17.2 Å². The maximum Gasteiger partial charge on any atom is 0.573 e. The molecule has 0 spiro atoms. The standard InChI is InChI=1S/C17H18F3NO3S/c1-10-9-11(2)13(4)16(12(10)3)25(22,23)21-14-7-5-6-8-15(14)24-17(18,19)20/h5-9,21H,1-4H3. The molecule has 0 atom stereocenters. The molecule has 0 aromatic heterocycles. The largest absolute Gasteiger partial charge is 0.573 e. The third-order valence-corrected chi connectivity index (χ3v) is 5.56. The van der Waals surface area contributed by atoms with E-state index in [1.54, 1.807) is 27.7 Å². The highest BCUT2D eigenvalue weighted by Crippen LogP contribution is 2.33. The van der Waals surface area contributed by atoms with Crippen molar-refractivity contribution in [3.05, 3.63) is 52.6 Å². The maximum atomic E-state index is 12.8. The Bertz CT molecular complexity index is 880. The van der Waals surface area contributed by atoms with Gasteiger partial charge in [-0.25, -0.2) is 8.42 Å². The minimum absolute atomic E-state index is 0.0619. The Morgan fingerprint density at radius 3 is 2.00 bits per heavy atom. The topological polar surface area (TPSA) is 55.4 Å². The molecule has 136 valence electrons. The summed E-state index contributed by atoms with van der Waals surface area (Å²) < 4.78 is 69.3. The molecule has 1 N–H and O–H groups in total. The van der Waals surface area contributed by atoms with Crippen molar-refractivity contribution >= 4 is 15.7 Å². The van der Waals surface area contributed by atoms with Gasteiger partial charge in [-0.05, 0) is 62.1 Å². The van der Waals surface area contributed by atoms with E-state index in [2.05, 4.69) is 9.46 Å². The molecule has 0 fully saturated rings. The Hall–Kier alpha value is -2.22. The second-order valence-corrected chi connectivity index (χ2v) is 7.36. The van der Waals surface area contributed by atoms with Crippen LogP contribution in [-0.2, 0) is 10.0 Å². The van der Waals surface area contributed by atoms with Gasteiger partial charge in [0, 0.05) is 0 Å². The van der Waals surface area contributed by atoms with Gasteiger partial charge in [-0.15, -0.1) is 13.2 Å². The van der Waals surface area contributed by atoms with Gasteiger partial charge in [0.1, 0.15) is 0 Å². The molecule has 0 amide bonds. The summed E-state index contributed by atoms with van der Waals surface area (Å²) in [5, 5.41) is 0. The van der Waals surface area contributed by atoms with Gasteiger partial charge in [-0.3, -0.25) is 4.72 Å². The van der Waals surface area contributed by atoms with Crippen LogP contribution in [0, 0.1) is 27.7 Å². The van der Waals surface area contributed by atoms with Crippen molar-refractivity contribution < 1.29 is 26.3 Å². The molecule has 2 rings (SSSR count). The number of hydrogen-bond donors (Lipinski definition) is 1. The molecule has 8 heteroatoms. The molecule has 2 aromatic carbocycles. The lowest BCUT2D eigenvalue weighted by atomic mass is 10.0. The summed E-state index contributed by atoms with van der Waals surface area (Å²) in [4.78, 5) is 0.0619. The highest BCUT2D eigenvalue weighted by molar-refractivity contribution is 7.92. The lowest BCUT2D eigenvalue weighted by molar-refractivity contribution is -0.274. The van der Waals surface area contributed by atoms with E-state index in [4.69, 9.17) is 0 Å². The zero-order chi connectivity index (χ0) is 19.0. The van der Waals surface area contributed by atoms with Gasteiger partial charge >= 0.3 is 6.36 Å². The Labute approximate surface area is 144 Å². The third-order valence-electron chi connectivity index (χ3n) is 3.92. The Kier molecular flexibility index (Phi) is 5.04.